The number of aliphatic hydroxyl groups excluding tert-OH is 1. The molecule has 0 bridgehead atoms. The molecule has 0 aliphatic heterocycles. The van der Waals surface area contributed by atoms with Gasteiger partial charge < -0.3 is 9.67 Å². The van der Waals surface area contributed by atoms with Crippen LogP contribution in [-0.4, -0.2) is 9.67 Å². The second-order valence-electron chi connectivity index (χ2n) is 5.81. The minimum Gasteiger partial charge on any atom is -0.384 e. The second kappa shape index (κ2) is 8.08. The molecule has 134 valence electrons. The fraction of sp³-hybridized carbons (Fsp3) is 0.100. The molecule has 3 rings (SSSR count). The van der Waals surface area contributed by atoms with E-state index in [4.69, 9.17) is 46.4 Å². The van der Waals surface area contributed by atoms with E-state index in [9.17, 15) is 5.11 Å². The molecule has 1 unspecified atom stereocenters. The van der Waals surface area contributed by atoms with Gasteiger partial charge in [-0.3, -0.25) is 0 Å². The fourth-order valence-electron chi connectivity index (χ4n) is 2.82. The zero-order valence-corrected chi connectivity index (χ0v) is 16.6. The highest BCUT2D eigenvalue weighted by Gasteiger charge is 2.21. The molecule has 6 heteroatoms. The third-order valence-electron chi connectivity index (χ3n) is 4.02. The minimum absolute atomic E-state index is 0.398. The first-order valence-corrected chi connectivity index (χ1v) is 9.31. The van der Waals surface area contributed by atoms with Crippen molar-refractivity contribution in [1.29, 1.82) is 0 Å². The van der Waals surface area contributed by atoms with Crippen LogP contribution in [0.3, 0.4) is 0 Å². The maximum Gasteiger partial charge on any atom is 0.108 e. The van der Waals surface area contributed by atoms with Gasteiger partial charge in [0.15, 0.2) is 0 Å². The second-order valence-corrected chi connectivity index (χ2v) is 7.49. The summed E-state index contributed by atoms with van der Waals surface area (Å²) in [6.07, 6.45) is 4.61. The predicted molar refractivity (Wildman–Crippen MR) is 111 cm³/mol. The number of allylic oxidation sites excluding steroid dienone is 1. The van der Waals surface area contributed by atoms with E-state index in [0.717, 1.165) is 11.1 Å². The number of hydrogen-bond acceptors (Lipinski definition) is 1. The lowest BCUT2D eigenvalue weighted by atomic mass is 9.96. The molecule has 26 heavy (non-hydrogen) atoms. The summed E-state index contributed by atoms with van der Waals surface area (Å²) in [5.41, 5.74) is 2.82. The van der Waals surface area contributed by atoms with Crippen molar-refractivity contribution in [1.82, 2.24) is 4.57 Å². The Morgan fingerprint density at radius 3 is 2.15 bits per heavy atom. The molecule has 2 aromatic carbocycles. The molecule has 0 aliphatic rings. The van der Waals surface area contributed by atoms with Gasteiger partial charge in [0.05, 0.1) is 0 Å². The number of halogens is 4. The van der Waals surface area contributed by atoms with Crippen molar-refractivity contribution >= 4 is 46.4 Å². The highest BCUT2D eigenvalue weighted by molar-refractivity contribution is 6.36. The topological polar surface area (TPSA) is 25.2 Å². The van der Waals surface area contributed by atoms with Gasteiger partial charge in [0.25, 0.3) is 0 Å². The van der Waals surface area contributed by atoms with E-state index in [2.05, 4.69) is 6.58 Å². The average Bonchev–Trinajstić information content (AvgIpc) is 2.98. The van der Waals surface area contributed by atoms with Crippen LogP contribution in [0.15, 0.2) is 61.4 Å². The van der Waals surface area contributed by atoms with Crippen LogP contribution in [0.5, 0.6) is 0 Å². The molecule has 0 radical (unpaired) electrons. The van der Waals surface area contributed by atoms with Crippen molar-refractivity contribution in [2.24, 2.45) is 0 Å². The van der Waals surface area contributed by atoms with Crippen molar-refractivity contribution in [3.05, 3.63) is 92.7 Å². The van der Waals surface area contributed by atoms with E-state index in [1.54, 1.807) is 36.4 Å². The zero-order valence-electron chi connectivity index (χ0n) is 13.6. The van der Waals surface area contributed by atoms with Crippen molar-refractivity contribution < 1.29 is 5.11 Å². The van der Waals surface area contributed by atoms with E-state index in [-0.39, 0.29) is 0 Å². The van der Waals surface area contributed by atoms with Crippen LogP contribution in [-0.2, 0) is 6.54 Å². The third kappa shape index (κ3) is 3.95. The first kappa shape index (κ1) is 19.3. The van der Waals surface area contributed by atoms with Gasteiger partial charge in [0, 0.05) is 61.3 Å². The summed E-state index contributed by atoms with van der Waals surface area (Å²) in [6, 6.07) is 10.3. The Hall–Kier alpha value is -1.42. The van der Waals surface area contributed by atoms with Crippen molar-refractivity contribution in [2.45, 2.75) is 12.6 Å². The van der Waals surface area contributed by atoms with Crippen molar-refractivity contribution in [3.8, 4) is 11.1 Å². The molecule has 1 N–H and O–H groups in total. The van der Waals surface area contributed by atoms with E-state index >= 15 is 0 Å². The summed E-state index contributed by atoms with van der Waals surface area (Å²) in [6.45, 7) is 4.36. The number of nitrogens with zero attached hydrogens (tertiary/aromatic N) is 1. The summed E-state index contributed by atoms with van der Waals surface area (Å²) in [4.78, 5) is 0. The van der Waals surface area contributed by atoms with Crippen LogP contribution in [0.25, 0.3) is 11.1 Å². The Balaban J connectivity index is 2.14. The normalized spacial score (nSPS) is 12.2. The lowest BCUT2D eigenvalue weighted by molar-refractivity contribution is 0.221. The Labute approximate surface area is 172 Å². The Bertz CT molecular complexity index is 964. The van der Waals surface area contributed by atoms with Gasteiger partial charge in [-0.15, -0.1) is 6.58 Å². The SMILES string of the molecule is C=CCn1cc(-c2ccc(Cl)cc2Cl)c(C(O)c2ccc(Cl)cc2Cl)c1. The largest absolute Gasteiger partial charge is 0.384 e. The molecule has 0 fully saturated rings. The Morgan fingerprint density at radius 2 is 1.54 bits per heavy atom. The van der Waals surface area contributed by atoms with Crippen molar-refractivity contribution in [2.75, 3.05) is 0 Å². The number of benzene rings is 2. The first-order chi connectivity index (χ1) is 12.4. The minimum atomic E-state index is -0.937. The highest BCUT2D eigenvalue weighted by atomic mass is 35.5. The number of aliphatic hydroxyl groups is 1. The summed E-state index contributed by atoms with van der Waals surface area (Å²) in [5, 5.41) is 13.0. The van der Waals surface area contributed by atoms with E-state index < -0.39 is 6.10 Å². The molecule has 3 aromatic rings. The van der Waals surface area contributed by atoms with Gasteiger partial charge in [0.2, 0.25) is 0 Å². The van der Waals surface area contributed by atoms with Gasteiger partial charge in [-0.25, -0.2) is 0 Å². The van der Waals surface area contributed by atoms with Gasteiger partial charge in [0.1, 0.15) is 6.10 Å². The van der Waals surface area contributed by atoms with Crippen LogP contribution in [0.2, 0.25) is 20.1 Å². The van der Waals surface area contributed by atoms with E-state index in [0.29, 0.717) is 37.8 Å². The third-order valence-corrected chi connectivity index (χ3v) is 5.13. The summed E-state index contributed by atoms with van der Waals surface area (Å²) < 4.78 is 1.93. The lowest BCUT2D eigenvalue weighted by Gasteiger charge is -2.15. The van der Waals surface area contributed by atoms with E-state index in [1.807, 2.05) is 23.0 Å². The Kier molecular flexibility index (Phi) is 6.01. The molecule has 0 saturated heterocycles. The molecule has 0 aliphatic carbocycles. The van der Waals surface area contributed by atoms with Gasteiger partial charge >= 0.3 is 0 Å². The number of hydrogen-bond donors (Lipinski definition) is 1. The maximum absolute atomic E-state index is 11.0. The summed E-state index contributed by atoms with van der Waals surface area (Å²) >= 11 is 24.6. The van der Waals surface area contributed by atoms with Crippen LogP contribution >= 0.6 is 46.4 Å². The molecule has 1 heterocycles. The molecule has 1 aromatic heterocycles. The molecule has 2 nitrogen and oxygen atoms in total. The highest BCUT2D eigenvalue weighted by Crippen LogP contribution is 2.39. The molecule has 0 amide bonds. The first-order valence-electron chi connectivity index (χ1n) is 7.79. The van der Waals surface area contributed by atoms with Gasteiger partial charge in [-0.1, -0.05) is 64.6 Å². The molecule has 1 atom stereocenters. The fourth-order valence-corrected chi connectivity index (χ4v) is 3.84. The van der Waals surface area contributed by atoms with Crippen molar-refractivity contribution in [3.63, 3.8) is 0 Å². The average molecular weight is 427 g/mol. The molecular formula is C20H15Cl4NO. The van der Waals surface area contributed by atoms with Gasteiger partial charge in [-0.05, 0) is 24.3 Å². The predicted octanol–water partition coefficient (Wildman–Crippen LogP) is 7.04. The molecule has 0 spiro atoms. The van der Waals surface area contributed by atoms with E-state index in [1.165, 1.54) is 0 Å². The lowest BCUT2D eigenvalue weighted by Crippen LogP contribution is -2.01. The maximum atomic E-state index is 11.0. The monoisotopic (exact) mass is 425 g/mol. The summed E-state index contributed by atoms with van der Waals surface area (Å²) in [7, 11) is 0. The van der Waals surface area contributed by atoms with Crippen LogP contribution in [0, 0.1) is 0 Å². The quantitative estimate of drug-likeness (QED) is 0.435. The van der Waals surface area contributed by atoms with Crippen LogP contribution in [0.4, 0.5) is 0 Å². The Morgan fingerprint density at radius 1 is 0.885 bits per heavy atom. The number of aromatic nitrogens is 1. The standard InChI is InChI=1S/C20H15Cl4NO/c1-2-7-25-10-16(14-5-3-12(21)8-18(14)23)17(11-25)20(26)15-6-4-13(22)9-19(15)24/h2-6,8-11,20,26H,1,7H2. The van der Waals surface area contributed by atoms with Gasteiger partial charge in [-0.2, -0.15) is 0 Å². The van der Waals surface area contributed by atoms with Crippen LogP contribution in [0.1, 0.15) is 17.2 Å². The smallest absolute Gasteiger partial charge is 0.108 e. The zero-order chi connectivity index (χ0) is 18.8. The number of rotatable bonds is 5. The molecule has 0 saturated carbocycles. The molecular weight excluding hydrogens is 412 g/mol. The van der Waals surface area contributed by atoms with Crippen LogP contribution < -0.4 is 0 Å². The summed E-state index contributed by atoms with van der Waals surface area (Å²) in [5.74, 6) is 0.